The average molecular weight is 337 g/mol. The number of ether oxygens (including phenoxy) is 3. The fraction of sp³-hybridized carbons (Fsp3) is 0.429. The number of fused-ring (bicyclic) bond motifs is 2. The SMILES string of the molecule is c1ccc([C@H]2C[C@@H](N3CCCCC3)Oc3cc4c(cc32)OCO4)cc1. The van der Waals surface area contributed by atoms with Gasteiger partial charge in [-0.3, -0.25) is 4.90 Å². The van der Waals surface area contributed by atoms with Crippen LogP contribution in [0.3, 0.4) is 0 Å². The summed E-state index contributed by atoms with van der Waals surface area (Å²) < 4.78 is 17.6. The molecular weight excluding hydrogens is 314 g/mol. The van der Waals surface area contributed by atoms with Gasteiger partial charge in [-0.15, -0.1) is 0 Å². The summed E-state index contributed by atoms with van der Waals surface area (Å²) in [7, 11) is 0. The maximum absolute atomic E-state index is 6.44. The first-order valence-corrected chi connectivity index (χ1v) is 9.28. The molecule has 2 atom stereocenters. The minimum atomic E-state index is 0.137. The summed E-state index contributed by atoms with van der Waals surface area (Å²) in [6.45, 7) is 2.56. The molecule has 0 aliphatic carbocycles. The number of likely N-dealkylation sites (tertiary alicyclic amines) is 1. The molecule has 5 rings (SSSR count). The summed E-state index contributed by atoms with van der Waals surface area (Å²) in [6.07, 6.45) is 4.99. The first kappa shape index (κ1) is 15.1. The smallest absolute Gasteiger partial charge is 0.231 e. The minimum absolute atomic E-state index is 0.137. The Hall–Kier alpha value is -2.20. The van der Waals surface area contributed by atoms with E-state index in [2.05, 4.69) is 41.3 Å². The molecule has 2 aromatic rings. The van der Waals surface area contributed by atoms with Crippen molar-refractivity contribution in [1.82, 2.24) is 4.90 Å². The maximum Gasteiger partial charge on any atom is 0.231 e. The van der Waals surface area contributed by atoms with Gasteiger partial charge < -0.3 is 14.2 Å². The molecule has 3 aliphatic heterocycles. The van der Waals surface area contributed by atoms with Crippen molar-refractivity contribution in [2.75, 3.05) is 19.9 Å². The molecule has 0 bridgehead atoms. The number of hydrogen-bond donors (Lipinski definition) is 0. The quantitative estimate of drug-likeness (QED) is 0.824. The van der Waals surface area contributed by atoms with Crippen molar-refractivity contribution >= 4 is 0 Å². The summed E-state index contributed by atoms with van der Waals surface area (Å²) in [5, 5.41) is 0. The van der Waals surface area contributed by atoms with Crippen LogP contribution in [0.15, 0.2) is 42.5 Å². The van der Waals surface area contributed by atoms with Crippen LogP contribution in [0.25, 0.3) is 0 Å². The summed E-state index contributed by atoms with van der Waals surface area (Å²) in [4.78, 5) is 2.51. The lowest BCUT2D eigenvalue weighted by atomic mass is 9.85. The Bertz CT molecular complexity index is 755. The lowest BCUT2D eigenvalue weighted by Gasteiger charge is -2.40. The predicted octanol–water partition coefficient (Wildman–Crippen LogP) is 4.14. The third-order valence-electron chi connectivity index (χ3n) is 5.58. The van der Waals surface area contributed by atoms with E-state index in [4.69, 9.17) is 14.2 Å². The Labute approximate surface area is 148 Å². The van der Waals surface area contributed by atoms with E-state index in [1.807, 2.05) is 6.07 Å². The molecule has 0 N–H and O–H groups in total. The van der Waals surface area contributed by atoms with Crippen molar-refractivity contribution in [2.45, 2.75) is 37.8 Å². The second kappa shape index (κ2) is 6.26. The van der Waals surface area contributed by atoms with Gasteiger partial charge >= 0.3 is 0 Å². The highest BCUT2D eigenvalue weighted by molar-refractivity contribution is 5.55. The van der Waals surface area contributed by atoms with Crippen LogP contribution < -0.4 is 14.2 Å². The fourth-order valence-corrected chi connectivity index (χ4v) is 4.27. The van der Waals surface area contributed by atoms with Crippen molar-refractivity contribution in [1.29, 1.82) is 0 Å². The number of hydrogen-bond acceptors (Lipinski definition) is 4. The van der Waals surface area contributed by atoms with E-state index < -0.39 is 0 Å². The summed E-state index contributed by atoms with van der Waals surface area (Å²) in [6, 6.07) is 14.9. The average Bonchev–Trinajstić information content (AvgIpc) is 3.14. The van der Waals surface area contributed by atoms with Crippen LogP contribution in [0.5, 0.6) is 17.2 Å². The second-order valence-electron chi connectivity index (χ2n) is 7.11. The molecule has 3 aliphatic rings. The van der Waals surface area contributed by atoms with E-state index in [0.717, 1.165) is 36.8 Å². The van der Waals surface area contributed by atoms with Crippen molar-refractivity contribution < 1.29 is 14.2 Å². The molecule has 1 saturated heterocycles. The van der Waals surface area contributed by atoms with Crippen LogP contribution in [-0.4, -0.2) is 31.0 Å². The van der Waals surface area contributed by atoms with Gasteiger partial charge in [-0.2, -0.15) is 0 Å². The Morgan fingerprint density at radius 1 is 0.840 bits per heavy atom. The summed E-state index contributed by atoms with van der Waals surface area (Å²) in [5.74, 6) is 2.90. The van der Waals surface area contributed by atoms with Crippen molar-refractivity contribution in [3.05, 3.63) is 53.6 Å². The monoisotopic (exact) mass is 337 g/mol. The second-order valence-corrected chi connectivity index (χ2v) is 7.11. The molecule has 0 spiro atoms. The fourth-order valence-electron chi connectivity index (χ4n) is 4.27. The van der Waals surface area contributed by atoms with E-state index in [0.29, 0.717) is 12.7 Å². The van der Waals surface area contributed by atoms with Gasteiger partial charge in [0.25, 0.3) is 0 Å². The molecule has 4 heteroatoms. The van der Waals surface area contributed by atoms with Gasteiger partial charge in [0.1, 0.15) is 5.75 Å². The van der Waals surface area contributed by atoms with Gasteiger partial charge in [0.15, 0.2) is 17.7 Å². The first-order valence-electron chi connectivity index (χ1n) is 9.28. The lowest BCUT2D eigenvalue weighted by Crippen LogP contribution is -2.45. The van der Waals surface area contributed by atoms with E-state index in [1.165, 1.54) is 30.4 Å². The zero-order valence-corrected chi connectivity index (χ0v) is 14.3. The van der Waals surface area contributed by atoms with Crippen LogP contribution >= 0.6 is 0 Å². The van der Waals surface area contributed by atoms with Crippen LogP contribution in [0.4, 0.5) is 0 Å². The number of benzene rings is 2. The van der Waals surface area contributed by atoms with Crippen LogP contribution in [0.1, 0.15) is 42.7 Å². The number of piperidine rings is 1. The molecule has 1 fully saturated rings. The van der Waals surface area contributed by atoms with E-state index in [1.54, 1.807) is 0 Å². The van der Waals surface area contributed by atoms with Crippen LogP contribution in [-0.2, 0) is 0 Å². The molecule has 4 nitrogen and oxygen atoms in total. The van der Waals surface area contributed by atoms with E-state index in [-0.39, 0.29) is 6.23 Å². The Balaban J connectivity index is 1.55. The van der Waals surface area contributed by atoms with Crippen molar-refractivity contribution in [2.24, 2.45) is 0 Å². The van der Waals surface area contributed by atoms with Crippen LogP contribution in [0, 0.1) is 0 Å². The minimum Gasteiger partial charge on any atom is -0.475 e. The van der Waals surface area contributed by atoms with Crippen molar-refractivity contribution in [3.8, 4) is 17.2 Å². The summed E-state index contributed by atoms with van der Waals surface area (Å²) in [5.41, 5.74) is 2.55. The largest absolute Gasteiger partial charge is 0.475 e. The van der Waals surface area contributed by atoms with Gasteiger partial charge in [-0.25, -0.2) is 0 Å². The zero-order valence-electron chi connectivity index (χ0n) is 14.3. The Morgan fingerprint density at radius 2 is 1.60 bits per heavy atom. The van der Waals surface area contributed by atoms with Gasteiger partial charge in [0.05, 0.1) is 0 Å². The normalized spacial score (nSPS) is 25.3. The summed E-state index contributed by atoms with van der Waals surface area (Å²) >= 11 is 0. The van der Waals surface area contributed by atoms with Gasteiger partial charge in [0.2, 0.25) is 6.79 Å². The number of nitrogens with zero attached hydrogens (tertiary/aromatic N) is 1. The predicted molar refractivity (Wildman–Crippen MR) is 95.3 cm³/mol. The maximum atomic E-state index is 6.44. The lowest BCUT2D eigenvalue weighted by molar-refractivity contribution is -0.00600. The topological polar surface area (TPSA) is 30.9 Å². The van der Waals surface area contributed by atoms with Gasteiger partial charge in [-0.1, -0.05) is 36.8 Å². The van der Waals surface area contributed by atoms with Gasteiger partial charge in [0, 0.05) is 37.1 Å². The molecule has 0 saturated carbocycles. The van der Waals surface area contributed by atoms with Crippen LogP contribution in [0.2, 0.25) is 0 Å². The molecule has 3 heterocycles. The molecule has 0 aromatic heterocycles. The Kier molecular flexibility index (Phi) is 3.78. The third-order valence-corrected chi connectivity index (χ3v) is 5.58. The number of rotatable bonds is 2. The molecular formula is C21H23NO3. The van der Waals surface area contributed by atoms with Crippen molar-refractivity contribution in [3.63, 3.8) is 0 Å². The molecule has 2 aromatic carbocycles. The third kappa shape index (κ3) is 2.74. The standard InChI is InChI=1S/C21H23NO3/c1-3-7-15(8-4-1)16-12-21(22-9-5-2-6-10-22)25-18-13-20-19(11-17(16)18)23-14-24-20/h1,3-4,7-8,11,13,16,21H,2,5-6,9-10,12,14H2/t16-,21+/m1/s1. The molecule has 25 heavy (non-hydrogen) atoms. The van der Waals surface area contributed by atoms with E-state index in [9.17, 15) is 0 Å². The zero-order chi connectivity index (χ0) is 16.6. The molecule has 0 unspecified atom stereocenters. The van der Waals surface area contributed by atoms with E-state index >= 15 is 0 Å². The molecule has 0 amide bonds. The highest BCUT2D eigenvalue weighted by Crippen LogP contribution is 2.47. The first-order chi connectivity index (χ1) is 12.4. The molecule has 0 radical (unpaired) electrons. The highest BCUT2D eigenvalue weighted by atomic mass is 16.7. The highest BCUT2D eigenvalue weighted by Gasteiger charge is 2.35. The Morgan fingerprint density at radius 3 is 2.40 bits per heavy atom. The molecule has 130 valence electrons. The van der Waals surface area contributed by atoms with Gasteiger partial charge in [-0.05, 0) is 24.5 Å².